The summed E-state index contributed by atoms with van der Waals surface area (Å²) in [5.74, 6) is 0.960. The van der Waals surface area contributed by atoms with E-state index in [1.54, 1.807) is 21.8 Å². The van der Waals surface area contributed by atoms with E-state index in [1.807, 2.05) is 24.3 Å². The van der Waals surface area contributed by atoms with Crippen LogP contribution in [0.1, 0.15) is 49.7 Å². The largest absolute Gasteiger partial charge is 0.472 e. The molecule has 1 fully saturated rings. The van der Waals surface area contributed by atoms with Gasteiger partial charge in [0.25, 0.3) is 5.91 Å². The fraction of sp³-hybridized carbons (Fsp3) is 0.391. The van der Waals surface area contributed by atoms with E-state index in [2.05, 4.69) is 31.1 Å². The lowest BCUT2D eigenvalue weighted by Crippen LogP contribution is -2.41. The Kier molecular flexibility index (Phi) is 5.63. The van der Waals surface area contributed by atoms with Gasteiger partial charge in [0.2, 0.25) is 5.91 Å². The quantitative estimate of drug-likeness (QED) is 0.694. The molecule has 0 bridgehead atoms. The third kappa shape index (κ3) is 4.52. The summed E-state index contributed by atoms with van der Waals surface area (Å²) in [5.41, 5.74) is 1.24. The highest BCUT2D eigenvalue weighted by molar-refractivity contribution is 5.95. The summed E-state index contributed by atoms with van der Waals surface area (Å²) in [6.45, 7) is 7.31. The monoisotopic (exact) mass is 421 g/mol. The second-order valence-corrected chi connectivity index (χ2v) is 8.83. The van der Waals surface area contributed by atoms with Gasteiger partial charge in [-0.05, 0) is 31.0 Å². The highest BCUT2D eigenvalue weighted by Gasteiger charge is 2.29. The van der Waals surface area contributed by atoms with Crippen molar-refractivity contribution < 1.29 is 14.0 Å². The molecule has 8 nitrogen and oxygen atoms in total. The first-order valence-electron chi connectivity index (χ1n) is 10.5. The first-order valence-corrected chi connectivity index (χ1v) is 10.5. The van der Waals surface area contributed by atoms with E-state index in [0.717, 1.165) is 5.69 Å². The van der Waals surface area contributed by atoms with Crippen LogP contribution in [0.25, 0.3) is 5.82 Å². The molecule has 0 spiro atoms. The van der Waals surface area contributed by atoms with Crippen LogP contribution in [0.15, 0.2) is 53.5 Å². The topological polar surface area (TPSA) is 93.3 Å². The van der Waals surface area contributed by atoms with Crippen LogP contribution in [-0.4, -0.2) is 44.6 Å². The Balaban J connectivity index is 1.46. The number of hydrogen-bond donors (Lipinski definition) is 1. The average molecular weight is 422 g/mol. The number of nitrogens with one attached hydrogen (secondary N) is 1. The lowest BCUT2D eigenvalue weighted by Gasteiger charge is -2.31. The van der Waals surface area contributed by atoms with E-state index in [-0.39, 0.29) is 23.1 Å². The zero-order chi connectivity index (χ0) is 22.0. The zero-order valence-electron chi connectivity index (χ0n) is 18.0. The lowest BCUT2D eigenvalue weighted by atomic mass is 9.92. The average Bonchev–Trinajstić information content (AvgIpc) is 3.44. The molecule has 1 aliphatic heterocycles. The Morgan fingerprint density at radius 1 is 1.16 bits per heavy atom. The van der Waals surface area contributed by atoms with Crippen LogP contribution in [0.3, 0.4) is 0 Å². The van der Waals surface area contributed by atoms with E-state index in [4.69, 9.17) is 9.52 Å². The summed E-state index contributed by atoms with van der Waals surface area (Å²) in [6.07, 6.45) is 5.86. The van der Waals surface area contributed by atoms with Crippen LogP contribution in [0.5, 0.6) is 0 Å². The minimum Gasteiger partial charge on any atom is -0.472 e. The van der Waals surface area contributed by atoms with E-state index in [1.165, 1.54) is 12.5 Å². The summed E-state index contributed by atoms with van der Waals surface area (Å²) in [4.78, 5) is 31.6. The number of carbonyl (C=O) groups is 2. The smallest absolute Gasteiger partial charge is 0.257 e. The maximum atomic E-state index is 13.0. The van der Waals surface area contributed by atoms with E-state index >= 15 is 0 Å². The molecule has 0 unspecified atom stereocenters. The van der Waals surface area contributed by atoms with Crippen molar-refractivity contribution in [1.29, 1.82) is 0 Å². The van der Waals surface area contributed by atoms with Gasteiger partial charge >= 0.3 is 0 Å². The summed E-state index contributed by atoms with van der Waals surface area (Å²) in [6, 6.07) is 9.15. The highest BCUT2D eigenvalue weighted by atomic mass is 16.3. The van der Waals surface area contributed by atoms with Gasteiger partial charge < -0.3 is 14.6 Å². The number of furan rings is 1. The van der Waals surface area contributed by atoms with Crippen molar-refractivity contribution in [2.45, 2.75) is 39.0 Å². The molecule has 4 rings (SSSR count). The molecule has 0 aliphatic carbocycles. The van der Waals surface area contributed by atoms with Gasteiger partial charge in [0.15, 0.2) is 5.82 Å². The molecule has 0 atom stereocenters. The minimum absolute atomic E-state index is 0.0596. The SMILES string of the molecule is CC(C)(C)c1cc(NC(=O)C2CCN(C(=O)c3ccoc3)CC2)n(-c2ccccn2)n1. The van der Waals surface area contributed by atoms with Crippen molar-refractivity contribution in [3.05, 3.63) is 60.3 Å². The normalized spacial score (nSPS) is 15.1. The van der Waals surface area contributed by atoms with Crippen LogP contribution < -0.4 is 5.32 Å². The Bertz CT molecular complexity index is 1040. The van der Waals surface area contributed by atoms with Crippen LogP contribution in [0, 0.1) is 5.92 Å². The van der Waals surface area contributed by atoms with Gasteiger partial charge in [-0.3, -0.25) is 9.59 Å². The summed E-state index contributed by atoms with van der Waals surface area (Å²) in [5, 5.41) is 7.74. The molecule has 4 heterocycles. The fourth-order valence-corrected chi connectivity index (χ4v) is 3.63. The number of aromatic nitrogens is 3. The number of pyridine rings is 1. The van der Waals surface area contributed by atoms with Crippen molar-refractivity contribution in [2.75, 3.05) is 18.4 Å². The molecule has 0 radical (unpaired) electrons. The number of rotatable bonds is 4. The Labute approximate surface area is 181 Å². The van der Waals surface area contributed by atoms with Crippen molar-refractivity contribution in [2.24, 2.45) is 5.92 Å². The van der Waals surface area contributed by atoms with Gasteiger partial charge in [0.05, 0.1) is 17.5 Å². The van der Waals surface area contributed by atoms with Gasteiger partial charge in [0.1, 0.15) is 12.1 Å². The molecule has 162 valence electrons. The molecule has 1 aliphatic rings. The fourth-order valence-electron chi connectivity index (χ4n) is 3.63. The van der Waals surface area contributed by atoms with Gasteiger partial charge in [-0.25, -0.2) is 4.98 Å². The van der Waals surface area contributed by atoms with Gasteiger partial charge in [-0.2, -0.15) is 9.78 Å². The van der Waals surface area contributed by atoms with Crippen LogP contribution >= 0.6 is 0 Å². The van der Waals surface area contributed by atoms with Gasteiger partial charge in [-0.15, -0.1) is 0 Å². The molecule has 31 heavy (non-hydrogen) atoms. The predicted octanol–water partition coefficient (Wildman–Crippen LogP) is 3.65. The molecule has 0 saturated carbocycles. The van der Waals surface area contributed by atoms with Gasteiger partial charge in [0, 0.05) is 36.7 Å². The summed E-state index contributed by atoms with van der Waals surface area (Å²) in [7, 11) is 0. The Morgan fingerprint density at radius 3 is 2.55 bits per heavy atom. The molecule has 3 aromatic heterocycles. The predicted molar refractivity (Wildman–Crippen MR) is 116 cm³/mol. The summed E-state index contributed by atoms with van der Waals surface area (Å²) < 4.78 is 6.68. The van der Waals surface area contributed by atoms with Crippen molar-refractivity contribution in [1.82, 2.24) is 19.7 Å². The molecule has 3 aromatic rings. The maximum absolute atomic E-state index is 13.0. The molecule has 2 amide bonds. The van der Waals surface area contributed by atoms with Crippen molar-refractivity contribution >= 4 is 17.6 Å². The number of anilines is 1. The van der Waals surface area contributed by atoms with Crippen molar-refractivity contribution in [3.63, 3.8) is 0 Å². The van der Waals surface area contributed by atoms with Crippen LogP contribution in [-0.2, 0) is 10.2 Å². The van der Waals surface area contributed by atoms with E-state index in [9.17, 15) is 9.59 Å². The van der Waals surface area contributed by atoms with Crippen LogP contribution in [0.2, 0.25) is 0 Å². The standard InChI is InChI=1S/C23H27N5O3/c1-23(2,3)18-14-20(28(26-18)19-6-4-5-10-24-19)25-21(29)16-7-11-27(12-8-16)22(30)17-9-13-31-15-17/h4-6,9-10,13-16H,7-8,11-12H2,1-3H3,(H,25,29). The zero-order valence-corrected chi connectivity index (χ0v) is 18.0. The van der Waals surface area contributed by atoms with Crippen LogP contribution in [0.4, 0.5) is 5.82 Å². The Hall–Kier alpha value is -3.42. The van der Waals surface area contributed by atoms with Crippen molar-refractivity contribution in [3.8, 4) is 5.82 Å². The minimum atomic E-state index is -0.168. The number of piperidine rings is 1. The Morgan fingerprint density at radius 2 is 1.94 bits per heavy atom. The second kappa shape index (κ2) is 8.37. The number of likely N-dealkylation sites (tertiary alicyclic amines) is 1. The third-order valence-electron chi connectivity index (χ3n) is 5.52. The number of nitrogens with zero attached hydrogens (tertiary/aromatic N) is 4. The molecule has 1 N–H and O–H groups in total. The molecular formula is C23H27N5O3. The number of amides is 2. The molecule has 1 saturated heterocycles. The first kappa shape index (κ1) is 20.8. The first-order chi connectivity index (χ1) is 14.8. The maximum Gasteiger partial charge on any atom is 0.257 e. The lowest BCUT2D eigenvalue weighted by molar-refractivity contribution is -0.121. The molecule has 0 aromatic carbocycles. The molecule has 8 heteroatoms. The highest BCUT2D eigenvalue weighted by Crippen LogP contribution is 2.27. The summed E-state index contributed by atoms with van der Waals surface area (Å²) >= 11 is 0. The number of hydrogen-bond acceptors (Lipinski definition) is 5. The number of carbonyl (C=O) groups excluding carboxylic acids is 2. The molecular weight excluding hydrogens is 394 g/mol. The third-order valence-corrected chi connectivity index (χ3v) is 5.52. The van der Waals surface area contributed by atoms with E-state index in [0.29, 0.717) is 43.1 Å². The second-order valence-electron chi connectivity index (χ2n) is 8.83. The van der Waals surface area contributed by atoms with E-state index < -0.39 is 0 Å². The van der Waals surface area contributed by atoms with Gasteiger partial charge in [-0.1, -0.05) is 26.8 Å².